The fourth-order valence-corrected chi connectivity index (χ4v) is 7.98. The second kappa shape index (κ2) is 20.4. The molecule has 1 saturated heterocycles. The quantitative estimate of drug-likeness (QED) is 0.0905. The number of alkyl carbamates (subject to hydrolysis) is 1. The zero-order valence-electron chi connectivity index (χ0n) is 34.6. The number of hydrogen-bond donors (Lipinski definition) is 4. The van der Waals surface area contributed by atoms with E-state index in [1.54, 1.807) is 32.9 Å². The number of Topliss-reactive ketones (excluding diaryl/α,β-unsaturated/α-hetero) is 1. The number of amides is 4. The zero-order chi connectivity index (χ0) is 46.3. The lowest BCUT2D eigenvalue weighted by Gasteiger charge is -2.31. The van der Waals surface area contributed by atoms with Crippen LogP contribution in [-0.4, -0.2) is 86.8 Å². The van der Waals surface area contributed by atoms with Gasteiger partial charge in [-0.05, 0) is 80.0 Å². The summed E-state index contributed by atoms with van der Waals surface area (Å²) in [6.07, 6.45) is -6.95. The van der Waals surface area contributed by atoms with E-state index in [0.717, 1.165) is 17.0 Å². The van der Waals surface area contributed by atoms with Crippen molar-refractivity contribution in [1.29, 1.82) is 0 Å². The monoisotopic (exact) mass is 914 g/mol. The van der Waals surface area contributed by atoms with Crippen LogP contribution in [0.1, 0.15) is 68.5 Å². The van der Waals surface area contributed by atoms with E-state index in [1.807, 2.05) is 0 Å². The van der Waals surface area contributed by atoms with Crippen molar-refractivity contribution in [3.63, 3.8) is 0 Å². The summed E-state index contributed by atoms with van der Waals surface area (Å²) in [6, 6.07) is 10.6. The number of likely N-dealkylation sites (tertiary alicyclic amines) is 1. The molecular weight excluding hydrogens is 867 g/mol. The molecule has 62 heavy (non-hydrogen) atoms. The van der Waals surface area contributed by atoms with Gasteiger partial charge >= 0.3 is 18.2 Å². The van der Waals surface area contributed by atoms with E-state index in [4.69, 9.17) is 21.1 Å². The number of carbonyl (C=O) groups excluding carboxylic acids is 5. The molecule has 4 N–H and O–H groups in total. The van der Waals surface area contributed by atoms with Crippen molar-refractivity contribution in [2.24, 2.45) is 11.8 Å². The van der Waals surface area contributed by atoms with Crippen LogP contribution in [0.15, 0.2) is 72.8 Å². The number of carbonyl (C=O) groups is 5. The molecule has 0 aromatic heterocycles. The van der Waals surface area contributed by atoms with E-state index in [2.05, 4.69) is 16.0 Å². The van der Waals surface area contributed by atoms with Gasteiger partial charge in [0.25, 0.3) is 11.7 Å². The van der Waals surface area contributed by atoms with Crippen molar-refractivity contribution in [2.75, 3.05) is 13.7 Å². The molecule has 0 aliphatic carbocycles. The molecule has 1 aliphatic rings. The second-order valence-electron chi connectivity index (χ2n) is 16.1. The topological polar surface area (TPSA) is 180 Å². The number of halogens is 6. The van der Waals surface area contributed by atoms with E-state index < -0.39 is 119 Å². The Bertz CT molecular complexity index is 2120. The van der Waals surface area contributed by atoms with E-state index >= 15 is 8.78 Å². The highest BCUT2D eigenvalue weighted by Crippen LogP contribution is 2.39. The number of ether oxygens (including phenoxy) is 2. The van der Waals surface area contributed by atoms with Gasteiger partial charge in [-0.15, -0.1) is 0 Å². The van der Waals surface area contributed by atoms with Crippen molar-refractivity contribution in [2.45, 2.75) is 95.1 Å². The normalized spacial score (nSPS) is 17.7. The molecule has 0 spiro atoms. The first-order valence-corrected chi connectivity index (χ1v) is 20.8. The fourth-order valence-electron chi connectivity index (χ4n) is 6.87. The van der Waals surface area contributed by atoms with Crippen LogP contribution >= 0.6 is 11.6 Å². The average molecular weight is 915 g/mol. The second-order valence-corrected chi connectivity index (χ2v) is 17.5. The van der Waals surface area contributed by atoms with Gasteiger partial charge in [0.15, 0.2) is 11.1 Å². The molecule has 0 saturated carbocycles. The summed E-state index contributed by atoms with van der Waals surface area (Å²) in [4.78, 5) is 67.7. The van der Waals surface area contributed by atoms with Gasteiger partial charge in [0.1, 0.15) is 23.4 Å². The molecule has 20 heteroatoms. The molecule has 1 heterocycles. The highest BCUT2D eigenvalue weighted by molar-refractivity contribution is 7.79. The van der Waals surface area contributed by atoms with Crippen LogP contribution in [0.3, 0.4) is 0 Å². The van der Waals surface area contributed by atoms with Crippen LogP contribution in [0.4, 0.5) is 26.7 Å². The minimum atomic E-state index is -5.35. The van der Waals surface area contributed by atoms with Crippen molar-refractivity contribution in [1.82, 2.24) is 20.9 Å². The van der Waals surface area contributed by atoms with E-state index in [0.29, 0.717) is 16.9 Å². The Morgan fingerprint density at radius 1 is 0.919 bits per heavy atom. The Kier molecular flexibility index (Phi) is 16.3. The first-order valence-electron chi connectivity index (χ1n) is 19.3. The van der Waals surface area contributed by atoms with E-state index in [-0.39, 0.29) is 17.1 Å². The van der Waals surface area contributed by atoms with Crippen LogP contribution in [0, 0.1) is 11.8 Å². The maximum atomic E-state index is 15.8. The average Bonchev–Trinajstić information content (AvgIpc) is 3.62. The van der Waals surface area contributed by atoms with Gasteiger partial charge in [-0.2, -0.15) is 22.0 Å². The number of methoxy groups -OCH3 is 1. The molecule has 0 bridgehead atoms. The standard InChI is InChI=1S/C42H48ClF5N4O9S/c1-23(2)33(35(53)42(46,47)48)51-36(54)32-19-27(34(62(58)59)26-14-16-30(60-6)17-15-26)22-52(32)37(55)31(50-38(56)41(44,45)28-8-7-9-29(43)20-28)18-24-10-12-25(13-11-24)21-49-39(57)61-40(3,4)5/h7-17,20,23,27,31-34H,18-19,21-22H2,1-6H3,(H,49,57)(H,50,56)(H,51,54)(H,58,59)/t27-,31+,32+,33+,34?/m1/s1. The van der Waals surface area contributed by atoms with Crippen molar-refractivity contribution in [3.05, 3.63) is 100 Å². The van der Waals surface area contributed by atoms with E-state index in [9.17, 15) is 45.9 Å². The van der Waals surface area contributed by atoms with Gasteiger partial charge in [-0.3, -0.25) is 19.2 Å². The van der Waals surface area contributed by atoms with Crippen molar-refractivity contribution >= 4 is 52.3 Å². The number of nitrogens with zero attached hydrogens (tertiary/aromatic N) is 1. The molecule has 4 amide bonds. The predicted octanol–water partition coefficient (Wildman–Crippen LogP) is 6.64. The molecule has 4 rings (SSSR count). The number of benzene rings is 3. The smallest absolute Gasteiger partial charge is 0.452 e. The molecule has 3 aromatic rings. The van der Waals surface area contributed by atoms with Crippen molar-refractivity contribution < 1.29 is 64.2 Å². The third-order valence-corrected chi connectivity index (χ3v) is 11.2. The van der Waals surface area contributed by atoms with Gasteiger partial charge in [-0.25, -0.2) is 9.00 Å². The Morgan fingerprint density at radius 3 is 2.06 bits per heavy atom. The van der Waals surface area contributed by atoms with Gasteiger partial charge < -0.3 is 34.9 Å². The Morgan fingerprint density at radius 2 is 1.53 bits per heavy atom. The molecule has 3 aromatic carbocycles. The summed E-state index contributed by atoms with van der Waals surface area (Å²) in [5.41, 5.74) is -0.440. The Hall–Kier alpha value is -5.14. The highest BCUT2D eigenvalue weighted by atomic mass is 35.5. The number of nitrogens with one attached hydrogen (secondary N) is 3. The first kappa shape index (κ1) is 49.5. The minimum Gasteiger partial charge on any atom is -0.497 e. The third-order valence-electron chi connectivity index (χ3n) is 9.91. The van der Waals surface area contributed by atoms with Crippen LogP contribution < -0.4 is 20.7 Å². The largest absolute Gasteiger partial charge is 0.497 e. The molecule has 13 nitrogen and oxygen atoms in total. The van der Waals surface area contributed by atoms with Crippen LogP contribution in [0.2, 0.25) is 5.02 Å². The maximum absolute atomic E-state index is 15.8. The Labute approximate surface area is 362 Å². The molecular formula is C42H48ClF5N4O9S. The van der Waals surface area contributed by atoms with E-state index in [1.165, 1.54) is 69.5 Å². The molecule has 1 aliphatic heterocycles. The number of hydrogen-bond acceptors (Lipinski definition) is 8. The molecule has 1 fully saturated rings. The zero-order valence-corrected chi connectivity index (χ0v) is 36.1. The lowest BCUT2D eigenvalue weighted by molar-refractivity contribution is -0.175. The summed E-state index contributed by atoms with van der Waals surface area (Å²) in [6.45, 7) is 7.08. The third kappa shape index (κ3) is 12.9. The fraction of sp³-hybridized carbons (Fsp3) is 0.452. The van der Waals surface area contributed by atoms with Crippen molar-refractivity contribution in [3.8, 4) is 5.75 Å². The Balaban J connectivity index is 1.76. The molecule has 0 radical (unpaired) electrons. The lowest BCUT2D eigenvalue weighted by Crippen LogP contribution is -2.58. The number of alkyl halides is 5. The summed E-state index contributed by atoms with van der Waals surface area (Å²) in [7, 11) is 1.40. The van der Waals surface area contributed by atoms with Gasteiger partial charge in [0.2, 0.25) is 11.8 Å². The van der Waals surface area contributed by atoms with Crippen LogP contribution in [0.5, 0.6) is 5.75 Å². The number of rotatable bonds is 16. The maximum Gasteiger partial charge on any atom is 0.452 e. The molecule has 6 atom stereocenters. The van der Waals surface area contributed by atoms with Crippen LogP contribution in [0.25, 0.3) is 0 Å². The van der Waals surface area contributed by atoms with Gasteiger partial charge in [0.05, 0.1) is 18.4 Å². The summed E-state index contributed by atoms with van der Waals surface area (Å²) < 4.78 is 106. The SMILES string of the molecule is COc1ccc(C([C@@H]2C[C@@H](C(=O)N[C@H](C(=O)C(F)(F)F)C(C)C)N(C(=O)[C@H](Cc3ccc(CNC(=O)OC(C)(C)C)cc3)NC(=O)C(F)(F)c3cccc(Cl)c3)C2)S(=O)O)cc1. The van der Waals surface area contributed by atoms with Gasteiger partial charge in [-0.1, -0.05) is 74.0 Å². The summed E-state index contributed by atoms with van der Waals surface area (Å²) >= 11 is 3.26. The van der Waals surface area contributed by atoms with Crippen LogP contribution in [-0.2, 0) is 53.9 Å². The molecule has 2 unspecified atom stereocenters. The molecule has 338 valence electrons. The highest BCUT2D eigenvalue weighted by Gasteiger charge is 2.50. The summed E-state index contributed by atoms with van der Waals surface area (Å²) in [5.74, 6) is -12.6. The lowest BCUT2D eigenvalue weighted by atomic mass is 9.95. The summed E-state index contributed by atoms with van der Waals surface area (Å²) in [5, 5.41) is 5.36. The number of ketones is 1. The predicted molar refractivity (Wildman–Crippen MR) is 218 cm³/mol. The van der Waals surface area contributed by atoms with Gasteiger partial charge in [0, 0.05) is 30.1 Å². The minimum absolute atomic E-state index is 0.0158. The first-order chi connectivity index (χ1) is 28.8.